The molecule has 1 N–H and O–H groups in total. The van der Waals surface area contributed by atoms with Crippen LogP contribution in [0.4, 0.5) is 0 Å². The Balaban J connectivity index is 2.32. The van der Waals surface area contributed by atoms with Crippen molar-refractivity contribution < 1.29 is 9.52 Å². The van der Waals surface area contributed by atoms with Crippen molar-refractivity contribution in [2.45, 2.75) is 6.10 Å². The van der Waals surface area contributed by atoms with Gasteiger partial charge in [-0.3, -0.25) is 0 Å². The van der Waals surface area contributed by atoms with Crippen molar-refractivity contribution in [2.24, 2.45) is 0 Å². The van der Waals surface area contributed by atoms with Crippen molar-refractivity contribution in [2.75, 3.05) is 0 Å². The van der Waals surface area contributed by atoms with Gasteiger partial charge in [0.2, 0.25) is 0 Å². The number of aliphatic hydroxyl groups excluding tert-OH is 1. The topological polar surface area (TPSA) is 59.2 Å². The Bertz CT molecular complexity index is 439. The molecule has 0 saturated carbocycles. The Hall–Kier alpha value is -0.720. The first-order valence-electron chi connectivity index (χ1n) is 4.06. The van der Waals surface area contributed by atoms with Crippen LogP contribution in [0.3, 0.4) is 0 Å². The third-order valence-corrected chi connectivity index (χ3v) is 3.54. The van der Waals surface area contributed by atoms with Gasteiger partial charge < -0.3 is 9.52 Å². The number of nitrogens with zero attached hydrogens (tertiary/aromatic N) is 2. The van der Waals surface area contributed by atoms with Crippen LogP contribution in [0.5, 0.6) is 0 Å². The summed E-state index contributed by atoms with van der Waals surface area (Å²) in [6.45, 7) is 0. The fraction of sp³-hybridized carbons (Fsp3) is 0.111. The molecule has 2 heterocycles. The lowest BCUT2D eigenvalue weighted by Gasteiger charge is -2.05. The maximum atomic E-state index is 9.91. The molecule has 1 atom stereocenters. The first-order chi connectivity index (χ1) is 7.18. The van der Waals surface area contributed by atoms with Gasteiger partial charge in [-0.05, 0) is 37.9 Å². The van der Waals surface area contributed by atoms with Gasteiger partial charge in [0.25, 0.3) is 0 Å². The van der Waals surface area contributed by atoms with E-state index in [1.54, 1.807) is 18.5 Å². The van der Waals surface area contributed by atoms with Gasteiger partial charge in [-0.1, -0.05) is 0 Å². The molecule has 0 aliphatic rings. The smallest absolute Gasteiger partial charge is 0.183 e. The minimum Gasteiger partial charge on any atom is -0.450 e. The van der Waals surface area contributed by atoms with E-state index in [-0.39, 0.29) is 0 Å². The number of aromatic nitrogens is 2. The van der Waals surface area contributed by atoms with Gasteiger partial charge in [-0.15, -0.1) is 0 Å². The second-order valence-electron chi connectivity index (χ2n) is 2.84. The van der Waals surface area contributed by atoms with E-state index in [1.165, 1.54) is 6.33 Å². The highest BCUT2D eigenvalue weighted by Crippen LogP contribution is 2.31. The SMILES string of the molecule is OC(c1cncnc1)c1cc(Br)c(Br)o1. The molecular formula is C9H6Br2N2O2. The predicted octanol–water partition coefficient (Wildman–Crippen LogP) is 2.68. The molecule has 0 aliphatic carbocycles. The molecule has 1 unspecified atom stereocenters. The number of hydrogen-bond acceptors (Lipinski definition) is 4. The predicted molar refractivity (Wildman–Crippen MR) is 60.2 cm³/mol. The number of rotatable bonds is 2. The first-order valence-corrected chi connectivity index (χ1v) is 5.65. The zero-order chi connectivity index (χ0) is 10.8. The summed E-state index contributed by atoms with van der Waals surface area (Å²) >= 11 is 6.47. The zero-order valence-corrected chi connectivity index (χ0v) is 10.6. The first kappa shape index (κ1) is 10.8. The highest BCUT2D eigenvalue weighted by Gasteiger charge is 2.17. The Morgan fingerprint density at radius 2 is 1.93 bits per heavy atom. The lowest BCUT2D eigenvalue weighted by Crippen LogP contribution is -1.98. The molecular weight excluding hydrogens is 328 g/mol. The number of hydrogen-bond donors (Lipinski definition) is 1. The van der Waals surface area contributed by atoms with Crippen LogP contribution < -0.4 is 0 Å². The number of furan rings is 1. The minimum atomic E-state index is -0.853. The molecule has 0 bridgehead atoms. The average molecular weight is 334 g/mol. The third-order valence-electron chi connectivity index (χ3n) is 1.83. The Kier molecular flexibility index (Phi) is 3.18. The Morgan fingerprint density at radius 1 is 1.27 bits per heavy atom. The molecule has 0 amide bonds. The molecule has 15 heavy (non-hydrogen) atoms. The number of halogens is 2. The van der Waals surface area contributed by atoms with E-state index < -0.39 is 6.10 Å². The Labute approximate surface area is 103 Å². The molecule has 2 rings (SSSR count). The second-order valence-corrected chi connectivity index (χ2v) is 4.42. The summed E-state index contributed by atoms with van der Waals surface area (Å²) in [4.78, 5) is 7.65. The molecule has 4 nitrogen and oxygen atoms in total. The molecule has 0 aliphatic heterocycles. The van der Waals surface area contributed by atoms with Crippen molar-refractivity contribution in [3.05, 3.63) is 45.3 Å². The van der Waals surface area contributed by atoms with Gasteiger partial charge in [0.05, 0.1) is 4.47 Å². The van der Waals surface area contributed by atoms with Crippen molar-refractivity contribution in [1.29, 1.82) is 0 Å². The van der Waals surface area contributed by atoms with E-state index in [2.05, 4.69) is 41.8 Å². The summed E-state index contributed by atoms with van der Waals surface area (Å²) < 4.78 is 6.60. The fourth-order valence-electron chi connectivity index (χ4n) is 1.11. The van der Waals surface area contributed by atoms with E-state index in [4.69, 9.17) is 4.42 Å². The molecule has 0 saturated heterocycles. The Morgan fingerprint density at radius 3 is 2.47 bits per heavy atom. The van der Waals surface area contributed by atoms with E-state index >= 15 is 0 Å². The van der Waals surface area contributed by atoms with Gasteiger partial charge in [-0.25, -0.2) is 9.97 Å². The minimum absolute atomic E-state index is 0.434. The summed E-state index contributed by atoms with van der Waals surface area (Å²) in [5, 5.41) is 9.91. The van der Waals surface area contributed by atoms with Crippen LogP contribution >= 0.6 is 31.9 Å². The maximum absolute atomic E-state index is 9.91. The largest absolute Gasteiger partial charge is 0.450 e. The summed E-state index contributed by atoms with van der Waals surface area (Å²) in [6, 6.07) is 1.70. The number of aliphatic hydroxyl groups is 1. The van der Waals surface area contributed by atoms with Gasteiger partial charge >= 0.3 is 0 Å². The van der Waals surface area contributed by atoms with Crippen LogP contribution in [-0.4, -0.2) is 15.1 Å². The van der Waals surface area contributed by atoms with Crippen LogP contribution in [0.15, 0.2) is 38.3 Å². The van der Waals surface area contributed by atoms with Gasteiger partial charge in [-0.2, -0.15) is 0 Å². The summed E-state index contributed by atoms with van der Waals surface area (Å²) in [5.74, 6) is 0.434. The summed E-state index contributed by atoms with van der Waals surface area (Å²) in [5.41, 5.74) is 0.589. The van der Waals surface area contributed by atoms with Crippen molar-refractivity contribution >= 4 is 31.9 Å². The van der Waals surface area contributed by atoms with E-state index in [9.17, 15) is 5.11 Å². The van der Waals surface area contributed by atoms with Gasteiger partial charge in [0.15, 0.2) is 4.67 Å². The lowest BCUT2D eigenvalue weighted by atomic mass is 10.1. The monoisotopic (exact) mass is 332 g/mol. The standard InChI is InChI=1S/C9H6Br2N2O2/c10-6-1-7(15-9(6)11)8(14)5-2-12-4-13-3-5/h1-4,8,14H. The zero-order valence-electron chi connectivity index (χ0n) is 7.39. The molecule has 0 fully saturated rings. The van der Waals surface area contributed by atoms with Crippen LogP contribution in [0, 0.1) is 0 Å². The summed E-state index contributed by atoms with van der Waals surface area (Å²) in [6.07, 6.45) is 3.64. The van der Waals surface area contributed by atoms with Crippen molar-refractivity contribution in [1.82, 2.24) is 9.97 Å². The second kappa shape index (κ2) is 4.42. The van der Waals surface area contributed by atoms with Crippen LogP contribution in [0.2, 0.25) is 0 Å². The van der Waals surface area contributed by atoms with Gasteiger partial charge in [0.1, 0.15) is 18.2 Å². The normalized spacial score (nSPS) is 12.7. The van der Waals surface area contributed by atoms with E-state index in [0.717, 1.165) is 4.47 Å². The van der Waals surface area contributed by atoms with Crippen molar-refractivity contribution in [3.63, 3.8) is 0 Å². The van der Waals surface area contributed by atoms with Crippen molar-refractivity contribution in [3.8, 4) is 0 Å². The van der Waals surface area contributed by atoms with Gasteiger partial charge in [0, 0.05) is 18.0 Å². The molecule has 0 aromatic carbocycles. The average Bonchev–Trinajstić information content (AvgIpc) is 2.59. The fourth-order valence-corrected chi connectivity index (χ4v) is 1.72. The molecule has 2 aromatic heterocycles. The van der Waals surface area contributed by atoms with Crippen LogP contribution in [-0.2, 0) is 0 Å². The molecule has 6 heteroatoms. The molecule has 78 valence electrons. The summed E-state index contributed by atoms with van der Waals surface area (Å²) in [7, 11) is 0. The van der Waals surface area contributed by atoms with E-state index in [1.807, 2.05) is 0 Å². The molecule has 0 radical (unpaired) electrons. The van der Waals surface area contributed by atoms with Crippen LogP contribution in [0.25, 0.3) is 0 Å². The van der Waals surface area contributed by atoms with E-state index in [0.29, 0.717) is 16.0 Å². The third kappa shape index (κ3) is 2.27. The lowest BCUT2D eigenvalue weighted by molar-refractivity contribution is 0.187. The molecule has 0 spiro atoms. The quantitative estimate of drug-likeness (QED) is 0.918. The maximum Gasteiger partial charge on any atom is 0.183 e. The van der Waals surface area contributed by atoms with Crippen LogP contribution in [0.1, 0.15) is 17.4 Å². The molecule has 2 aromatic rings. The highest BCUT2D eigenvalue weighted by atomic mass is 79.9. The highest BCUT2D eigenvalue weighted by molar-refractivity contribution is 9.13.